The normalized spacial score (nSPS) is 18.4. The van der Waals surface area contributed by atoms with E-state index in [4.69, 9.17) is 9.84 Å². The maximum absolute atomic E-state index is 11.7. The van der Waals surface area contributed by atoms with E-state index in [2.05, 4.69) is 10.3 Å². The molecule has 19 heavy (non-hydrogen) atoms. The van der Waals surface area contributed by atoms with Gasteiger partial charge >= 0.3 is 0 Å². The van der Waals surface area contributed by atoms with Crippen LogP contribution in [-0.2, 0) is 14.8 Å². The number of aliphatic hydroxyl groups excluding tert-OH is 1. The van der Waals surface area contributed by atoms with Gasteiger partial charge in [0.05, 0.1) is 19.4 Å². The van der Waals surface area contributed by atoms with E-state index in [0.717, 1.165) is 10.6 Å². The van der Waals surface area contributed by atoms with Gasteiger partial charge in [-0.2, -0.15) is 0 Å². The molecule has 8 nitrogen and oxygen atoms in total. The van der Waals surface area contributed by atoms with Crippen molar-refractivity contribution < 1.29 is 23.1 Å². The first-order valence-corrected chi connectivity index (χ1v) is 7.27. The number of anilines is 2. The molecule has 1 amide bonds. The van der Waals surface area contributed by atoms with Gasteiger partial charge in [0.2, 0.25) is 16.4 Å². The predicted molar refractivity (Wildman–Crippen MR) is 67.6 cm³/mol. The first-order valence-electron chi connectivity index (χ1n) is 5.42. The molecule has 0 radical (unpaired) electrons. The Morgan fingerprint density at radius 1 is 1.63 bits per heavy atom. The predicted octanol–water partition coefficient (Wildman–Crippen LogP) is -0.831. The van der Waals surface area contributed by atoms with Gasteiger partial charge in [-0.25, -0.2) is 17.7 Å². The van der Waals surface area contributed by atoms with Crippen molar-refractivity contribution in [3.8, 4) is 5.75 Å². The standard InChI is InChI=1S/C10H13N3O5S/c1-19(16,17)13-4-7(5-14)18-8-2-3-9(11-6-15)12-10(8)13/h2-3,6-7,14H,4-5H2,1H3,(H,11,12,15)/t7-/m1/s1. The molecule has 0 saturated heterocycles. The zero-order chi connectivity index (χ0) is 14.0. The number of aliphatic hydroxyl groups is 1. The molecular weight excluding hydrogens is 274 g/mol. The Bertz CT molecular complexity index is 589. The van der Waals surface area contributed by atoms with Crippen molar-refractivity contribution in [2.75, 3.05) is 29.0 Å². The van der Waals surface area contributed by atoms with E-state index in [9.17, 15) is 13.2 Å². The maximum Gasteiger partial charge on any atom is 0.233 e. The van der Waals surface area contributed by atoms with E-state index in [-0.39, 0.29) is 30.5 Å². The fourth-order valence-corrected chi connectivity index (χ4v) is 2.60. The molecule has 1 aromatic heterocycles. The van der Waals surface area contributed by atoms with Gasteiger partial charge in [0.25, 0.3) is 0 Å². The SMILES string of the molecule is CS(=O)(=O)N1C[C@H](CO)Oc2ccc(NC=O)nc21. The Morgan fingerprint density at radius 2 is 2.37 bits per heavy atom. The molecule has 9 heteroatoms. The van der Waals surface area contributed by atoms with Gasteiger partial charge in [-0.05, 0) is 12.1 Å². The lowest BCUT2D eigenvalue weighted by Crippen LogP contribution is -2.45. The molecule has 1 aliphatic rings. The van der Waals surface area contributed by atoms with Crippen LogP contribution in [0.2, 0.25) is 0 Å². The lowest BCUT2D eigenvalue weighted by atomic mass is 10.3. The van der Waals surface area contributed by atoms with Gasteiger partial charge in [-0.15, -0.1) is 0 Å². The molecule has 0 aliphatic carbocycles. The zero-order valence-corrected chi connectivity index (χ0v) is 10.9. The van der Waals surface area contributed by atoms with Gasteiger partial charge < -0.3 is 15.2 Å². The summed E-state index contributed by atoms with van der Waals surface area (Å²) in [6.07, 6.45) is 0.839. The summed E-state index contributed by atoms with van der Waals surface area (Å²) in [7, 11) is -3.55. The van der Waals surface area contributed by atoms with Crippen LogP contribution in [0.4, 0.5) is 11.6 Å². The lowest BCUT2D eigenvalue weighted by Gasteiger charge is -2.32. The molecule has 0 saturated carbocycles. The van der Waals surface area contributed by atoms with Gasteiger partial charge in [0.15, 0.2) is 11.6 Å². The number of sulfonamides is 1. The molecule has 0 aromatic carbocycles. The minimum absolute atomic E-state index is 0.0279. The Labute approximate surface area is 110 Å². The minimum Gasteiger partial charge on any atom is -0.482 e. The molecule has 0 bridgehead atoms. The molecule has 2 heterocycles. The number of rotatable bonds is 4. The third kappa shape index (κ3) is 2.76. The van der Waals surface area contributed by atoms with Crippen molar-refractivity contribution in [2.24, 2.45) is 0 Å². The second-order valence-corrected chi connectivity index (χ2v) is 5.90. The number of amides is 1. The van der Waals surface area contributed by atoms with Crippen LogP contribution in [-0.4, -0.2) is 50.4 Å². The highest BCUT2D eigenvalue weighted by molar-refractivity contribution is 7.92. The fraction of sp³-hybridized carbons (Fsp3) is 0.400. The Kier molecular flexibility index (Phi) is 3.58. The summed E-state index contributed by atoms with van der Waals surface area (Å²) >= 11 is 0. The van der Waals surface area contributed by atoms with E-state index < -0.39 is 16.1 Å². The first kappa shape index (κ1) is 13.6. The Hall–Kier alpha value is -1.87. The van der Waals surface area contributed by atoms with Crippen LogP contribution in [0.5, 0.6) is 5.75 Å². The molecule has 1 aliphatic heterocycles. The summed E-state index contributed by atoms with van der Waals surface area (Å²) in [5.74, 6) is 0.555. The van der Waals surface area contributed by atoms with Crippen molar-refractivity contribution in [2.45, 2.75) is 6.10 Å². The number of carbonyl (C=O) groups excluding carboxylic acids is 1. The van der Waals surface area contributed by atoms with Crippen LogP contribution in [0.1, 0.15) is 0 Å². The molecule has 2 N–H and O–H groups in total. The molecule has 104 valence electrons. The van der Waals surface area contributed by atoms with E-state index >= 15 is 0 Å². The van der Waals surface area contributed by atoms with Gasteiger partial charge in [0.1, 0.15) is 11.9 Å². The minimum atomic E-state index is -3.55. The van der Waals surface area contributed by atoms with Crippen LogP contribution >= 0.6 is 0 Å². The van der Waals surface area contributed by atoms with Crippen molar-refractivity contribution >= 4 is 28.1 Å². The third-order valence-corrected chi connectivity index (χ3v) is 3.67. The van der Waals surface area contributed by atoms with Crippen LogP contribution in [0.3, 0.4) is 0 Å². The summed E-state index contributed by atoms with van der Waals surface area (Å²) in [5.41, 5.74) is 0. The monoisotopic (exact) mass is 287 g/mol. The zero-order valence-electron chi connectivity index (χ0n) is 10.1. The van der Waals surface area contributed by atoms with E-state index in [0.29, 0.717) is 6.41 Å². The summed E-state index contributed by atoms with van der Waals surface area (Å²) < 4.78 is 29.9. The largest absolute Gasteiger partial charge is 0.482 e. The number of aromatic nitrogens is 1. The Balaban J connectivity index is 2.48. The van der Waals surface area contributed by atoms with Crippen molar-refractivity contribution in [3.05, 3.63) is 12.1 Å². The molecule has 1 aromatic rings. The fourth-order valence-electron chi connectivity index (χ4n) is 1.72. The number of fused-ring (bicyclic) bond motifs is 1. The van der Waals surface area contributed by atoms with E-state index in [1.807, 2.05) is 0 Å². The van der Waals surface area contributed by atoms with Gasteiger partial charge in [0, 0.05) is 0 Å². The number of carbonyl (C=O) groups is 1. The second-order valence-electron chi connectivity index (χ2n) is 4.00. The first-order chi connectivity index (χ1) is 8.95. The van der Waals surface area contributed by atoms with Crippen LogP contribution in [0.25, 0.3) is 0 Å². The smallest absolute Gasteiger partial charge is 0.233 e. The quantitative estimate of drug-likeness (QED) is 0.700. The van der Waals surface area contributed by atoms with Crippen LogP contribution in [0, 0.1) is 0 Å². The lowest BCUT2D eigenvalue weighted by molar-refractivity contribution is -0.105. The maximum atomic E-state index is 11.7. The molecule has 1 atom stereocenters. The van der Waals surface area contributed by atoms with Crippen LogP contribution < -0.4 is 14.4 Å². The second kappa shape index (κ2) is 5.02. The van der Waals surface area contributed by atoms with Crippen molar-refractivity contribution in [1.82, 2.24) is 4.98 Å². The van der Waals surface area contributed by atoms with Gasteiger partial charge in [-0.1, -0.05) is 0 Å². The third-order valence-electron chi connectivity index (χ3n) is 2.55. The molecule has 0 fully saturated rings. The molecule has 0 unspecified atom stereocenters. The van der Waals surface area contributed by atoms with Crippen molar-refractivity contribution in [3.63, 3.8) is 0 Å². The number of hydrogen-bond acceptors (Lipinski definition) is 6. The van der Waals surface area contributed by atoms with Crippen LogP contribution in [0.15, 0.2) is 12.1 Å². The number of nitrogens with zero attached hydrogens (tertiary/aromatic N) is 2. The molecular formula is C10H13N3O5S. The van der Waals surface area contributed by atoms with E-state index in [1.54, 1.807) is 0 Å². The van der Waals surface area contributed by atoms with Crippen molar-refractivity contribution in [1.29, 1.82) is 0 Å². The highest BCUT2D eigenvalue weighted by Crippen LogP contribution is 2.34. The van der Waals surface area contributed by atoms with E-state index in [1.165, 1.54) is 12.1 Å². The Morgan fingerprint density at radius 3 is 2.95 bits per heavy atom. The number of nitrogens with one attached hydrogen (secondary N) is 1. The molecule has 0 spiro atoms. The summed E-state index contributed by atoms with van der Waals surface area (Å²) in [4.78, 5) is 14.4. The average Bonchev–Trinajstić information content (AvgIpc) is 2.36. The average molecular weight is 287 g/mol. The summed E-state index contributed by atoms with van der Waals surface area (Å²) in [6.45, 7) is -0.334. The molecule has 2 rings (SSSR count). The summed E-state index contributed by atoms with van der Waals surface area (Å²) in [5, 5.41) is 11.5. The highest BCUT2D eigenvalue weighted by atomic mass is 32.2. The topological polar surface area (TPSA) is 109 Å². The number of hydrogen-bond donors (Lipinski definition) is 2. The number of ether oxygens (including phenoxy) is 1. The highest BCUT2D eigenvalue weighted by Gasteiger charge is 2.32. The summed E-state index contributed by atoms with van der Waals surface area (Å²) in [6, 6.07) is 2.97. The number of pyridine rings is 1. The van der Waals surface area contributed by atoms with Gasteiger partial charge in [-0.3, -0.25) is 4.79 Å².